The topological polar surface area (TPSA) is 12.0 Å². The van der Waals surface area contributed by atoms with Crippen LogP contribution in [0.2, 0.25) is 0 Å². The molecule has 0 aromatic heterocycles. The fourth-order valence-corrected chi connectivity index (χ4v) is 3.72. The van der Waals surface area contributed by atoms with Crippen molar-refractivity contribution in [1.29, 1.82) is 0 Å². The number of hydrogen-bond donors (Lipinski definition) is 1. The van der Waals surface area contributed by atoms with Crippen molar-refractivity contribution in [3.05, 3.63) is 35.1 Å². The van der Waals surface area contributed by atoms with Gasteiger partial charge < -0.3 is 5.32 Å². The lowest BCUT2D eigenvalue weighted by Crippen LogP contribution is -2.35. The Balaban J connectivity index is 2.38. The Hall–Kier alpha value is -1.03. The first kappa shape index (κ1) is 16.3. The Kier molecular flexibility index (Phi) is 5.68. The number of nitrogens with one attached hydrogen (secondary N) is 1. The Morgan fingerprint density at radius 3 is 2.29 bits per heavy atom. The van der Waals surface area contributed by atoms with Gasteiger partial charge in [0, 0.05) is 23.7 Å². The molecule has 0 heterocycles. The van der Waals surface area contributed by atoms with Gasteiger partial charge in [-0.25, -0.2) is 13.2 Å². The fraction of sp³-hybridized carbons (Fsp3) is 0.647. The van der Waals surface area contributed by atoms with E-state index in [1.807, 2.05) is 6.92 Å². The second kappa shape index (κ2) is 7.30. The second-order valence-electron chi connectivity index (χ2n) is 5.94. The third-order valence-corrected chi connectivity index (χ3v) is 4.70. The van der Waals surface area contributed by atoms with Crippen LogP contribution in [-0.2, 0) is 0 Å². The van der Waals surface area contributed by atoms with E-state index in [4.69, 9.17) is 0 Å². The summed E-state index contributed by atoms with van der Waals surface area (Å²) in [6.45, 7) is 4.69. The first-order valence-corrected chi connectivity index (χ1v) is 7.96. The van der Waals surface area contributed by atoms with Gasteiger partial charge in [-0.3, -0.25) is 0 Å². The number of benzene rings is 1. The van der Waals surface area contributed by atoms with E-state index in [0.29, 0.717) is 12.5 Å². The summed E-state index contributed by atoms with van der Waals surface area (Å²) in [5.41, 5.74) is 0.00333. The highest BCUT2D eigenvalue weighted by atomic mass is 19.1. The molecule has 0 amide bonds. The quantitative estimate of drug-likeness (QED) is 0.809. The van der Waals surface area contributed by atoms with Crippen molar-refractivity contribution < 1.29 is 13.2 Å². The van der Waals surface area contributed by atoms with Gasteiger partial charge in [0.1, 0.15) is 17.5 Å². The van der Waals surface area contributed by atoms with Gasteiger partial charge in [0.15, 0.2) is 0 Å². The Morgan fingerprint density at radius 1 is 1.10 bits per heavy atom. The van der Waals surface area contributed by atoms with Crippen molar-refractivity contribution in [2.75, 3.05) is 6.54 Å². The molecule has 118 valence electrons. The van der Waals surface area contributed by atoms with Gasteiger partial charge in [-0.05, 0) is 24.8 Å². The van der Waals surface area contributed by atoms with E-state index in [1.165, 1.54) is 6.42 Å². The summed E-state index contributed by atoms with van der Waals surface area (Å²) < 4.78 is 41.4. The van der Waals surface area contributed by atoms with E-state index in [2.05, 4.69) is 12.2 Å². The lowest BCUT2D eigenvalue weighted by atomic mass is 9.72. The summed E-state index contributed by atoms with van der Waals surface area (Å²) in [4.78, 5) is 0. The highest BCUT2D eigenvalue weighted by molar-refractivity contribution is 5.25. The zero-order valence-electron chi connectivity index (χ0n) is 12.8. The highest BCUT2D eigenvalue weighted by Crippen LogP contribution is 2.41. The van der Waals surface area contributed by atoms with Crippen molar-refractivity contribution in [2.24, 2.45) is 11.8 Å². The first-order chi connectivity index (χ1) is 10.1. The van der Waals surface area contributed by atoms with Crippen molar-refractivity contribution in [3.63, 3.8) is 0 Å². The number of hydrogen-bond acceptors (Lipinski definition) is 1. The third kappa shape index (κ3) is 3.60. The maximum absolute atomic E-state index is 14.2. The molecule has 0 radical (unpaired) electrons. The zero-order chi connectivity index (χ0) is 15.4. The molecule has 0 aliphatic heterocycles. The number of halogens is 3. The van der Waals surface area contributed by atoms with Crippen molar-refractivity contribution in [1.82, 2.24) is 5.32 Å². The molecule has 1 fully saturated rings. The summed E-state index contributed by atoms with van der Waals surface area (Å²) in [6.07, 6.45) is 5.35. The molecule has 1 nitrogen and oxygen atoms in total. The van der Waals surface area contributed by atoms with Gasteiger partial charge in [-0.1, -0.05) is 39.5 Å². The summed E-state index contributed by atoms with van der Waals surface area (Å²) in [5, 5.41) is 3.23. The van der Waals surface area contributed by atoms with Crippen LogP contribution in [0, 0.1) is 29.3 Å². The normalized spacial score (nSPS) is 24.0. The van der Waals surface area contributed by atoms with Crippen LogP contribution in [0.4, 0.5) is 13.2 Å². The third-order valence-electron chi connectivity index (χ3n) is 4.70. The van der Waals surface area contributed by atoms with Crippen molar-refractivity contribution in [3.8, 4) is 0 Å². The fourth-order valence-electron chi connectivity index (χ4n) is 3.72. The van der Waals surface area contributed by atoms with Crippen LogP contribution in [0.1, 0.15) is 57.6 Å². The van der Waals surface area contributed by atoms with Gasteiger partial charge in [-0.2, -0.15) is 0 Å². The summed E-state index contributed by atoms with van der Waals surface area (Å²) in [6, 6.07) is 1.19. The van der Waals surface area contributed by atoms with Crippen LogP contribution < -0.4 is 5.32 Å². The predicted octanol–water partition coefficient (Wildman–Crippen LogP) is 4.97. The molecule has 3 atom stereocenters. The summed E-state index contributed by atoms with van der Waals surface area (Å²) in [7, 11) is 0. The highest BCUT2D eigenvalue weighted by Gasteiger charge is 2.34. The maximum Gasteiger partial charge on any atom is 0.133 e. The van der Waals surface area contributed by atoms with Crippen molar-refractivity contribution >= 4 is 0 Å². The molecule has 3 unspecified atom stereocenters. The van der Waals surface area contributed by atoms with Gasteiger partial charge in [0.25, 0.3) is 0 Å². The predicted molar refractivity (Wildman–Crippen MR) is 78.5 cm³/mol. The minimum atomic E-state index is -0.861. The minimum Gasteiger partial charge on any atom is -0.310 e. The number of rotatable bonds is 5. The molecule has 1 N–H and O–H groups in total. The first-order valence-electron chi connectivity index (χ1n) is 7.96. The molecule has 1 aromatic carbocycles. The smallest absolute Gasteiger partial charge is 0.133 e. The van der Waals surface area contributed by atoms with Gasteiger partial charge in [-0.15, -0.1) is 0 Å². The summed E-state index contributed by atoms with van der Waals surface area (Å²) in [5.74, 6) is -1.75. The lowest BCUT2D eigenvalue weighted by Gasteiger charge is -2.37. The van der Waals surface area contributed by atoms with E-state index in [1.54, 1.807) is 0 Å². The molecule has 1 aliphatic carbocycles. The molecule has 1 aromatic rings. The van der Waals surface area contributed by atoms with Crippen LogP contribution in [0.5, 0.6) is 0 Å². The molecule has 0 spiro atoms. The van der Waals surface area contributed by atoms with E-state index in [9.17, 15) is 13.2 Å². The van der Waals surface area contributed by atoms with E-state index in [0.717, 1.165) is 37.8 Å². The average molecular weight is 299 g/mol. The largest absolute Gasteiger partial charge is 0.310 e. The lowest BCUT2D eigenvalue weighted by molar-refractivity contribution is 0.171. The van der Waals surface area contributed by atoms with Crippen molar-refractivity contribution in [2.45, 2.75) is 52.0 Å². The average Bonchev–Trinajstić information content (AvgIpc) is 2.45. The second-order valence-corrected chi connectivity index (χ2v) is 5.94. The molecule has 0 bridgehead atoms. The monoisotopic (exact) mass is 299 g/mol. The van der Waals surface area contributed by atoms with Crippen LogP contribution >= 0.6 is 0 Å². The molecule has 2 rings (SSSR count). The molecule has 4 heteroatoms. The molecular formula is C17H24F3N. The Bertz CT molecular complexity index is 452. The maximum atomic E-state index is 14.2. The standard InChI is InChI=1S/C17H24F3N/c1-3-11-7-5-6-8-13(11)17(21-4-2)16-14(19)9-12(18)10-15(16)20/h9-11,13,17,21H,3-8H2,1-2H3. The van der Waals surface area contributed by atoms with Crippen LogP contribution in [-0.4, -0.2) is 6.54 Å². The van der Waals surface area contributed by atoms with Gasteiger partial charge >= 0.3 is 0 Å². The van der Waals surface area contributed by atoms with Gasteiger partial charge in [0.2, 0.25) is 0 Å². The molecular weight excluding hydrogens is 275 g/mol. The molecule has 1 saturated carbocycles. The summed E-state index contributed by atoms with van der Waals surface area (Å²) >= 11 is 0. The molecule has 0 saturated heterocycles. The Labute approximate surface area is 124 Å². The molecule has 21 heavy (non-hydrogen) atoms. The SMILES string of the molecule is CCNC(c1c(F)cc(F)cc1F)C1CCCCC1CC. The van der Waals surface area contributed by atoms with E-state index < -0.39 is 17.5 Å². The van der Waals surface area contributed by atoms with E-state index >= 15 is 0 Å². The van der Waals surface area contributed by atoms with E-state index in [-0.39, 0.29) is 17.5 Å². The van der Waals surface area contributed by atoms with Crippen LogP contribution in [0.25, 0.3) is 0 Å². The van der Waals surface area contributed by atoms with Crippen LogP contribution in [0.15, 0.2) is 12.1 Å². The molecule has 1 aliphatic rings. The van der Waals surface area contributed by atoms with Crippen LogP contribution in [0.3, 0.4) is 0 Å². The Morgan fingerprint density at radius 2 is 1.71 bits per heavy atom. The zero-order valence-corrected chi connectivity index (χ0v) is 12.8. The van der Waals surface area contributed by atoms with Gasteiger partial charge in [0.05, 0.1) is 0 Å². The minimum absolute atomic E-state index is 0.00333.